The van der Waals surface area contributed by atoms with E-state index < -0.39 is 11.8 Å². The molecule has 0 atom stereocenters. The Kier molecular flexibility index (Phi) is 3.56. The van der Waals surface area contributed by atoms with Crippen LogP contribution in [0.4, 0.5) is 5.69 Å². The molecule has 0 spiro atoms. The van der Waals surface area contributed by atoms with E-state index in [0.29, 0.717) is 27.5 Å². The number of hydrogen-bond acceptors (Lipinski definition) is 3. The number of imidazole rings is 1. The number of anilines is 1. The summed E-state index contributed by atoms with van der Waals surface area (Å²) in [6, 6.07) is 12.0. The Morgan fingerprint density at radius 1 is 1.00 bits per heavy atom. The number of fused-ring (bicyclic) bond motifs is 1. The van der Waals surface area contributed by atoms with Crippen LogP contribution in [-0.4, -0.2) is 21.4 Å². The van der Waals surface area contributed by atoms with Gasteiger partial charge in [-0.2, -0.15) is 0 Å². The van der Waals surface area contributed by atoms with Crippen LogP contribution in [0.25, 0.3) is 21.8 Å². The van der Waals surface area contributed by atoms with Gasteiger partial charge in [0.05, 0.1) is 27.3 Å². The largest absolute Gasteiger partial charge is 0.326 e. The third kappa shape index (κ3) is 2.23. The van der Waals surface area contributed by atoms with Crippen LogP contribution in [0.15, 0.2) is 51.7 Å². The van der Waals surface area contributed by atoms with Crippen molar-refractivity contribution >= 4 is 66.8 Å². The van der Waals surface area contributed by atoms with E-state index in [2.05, 4.69) is 20.9 Å². The zero-order chi connectivity index (χ0) is 19.7. The third-order valence-corrected chi connectivity index (χ3v) is 5.78. The molecule has 2 heterocycles. The van der Waals surface area contributed by atoms with Crippen LogP contribution in [0.5, 0.6) is 0 Å². The second-order valence-electron chi connectivity index (χ2n) is 6.61. The third-order valence-electron chi connectivity index (χ3n) is 5.02. The molecule has 0 aliphatic carbocycles. The molecule has 0 saturated heterocycles. The molecule has 0 bridgehead atoms. The van der Waals surface area contributed by atoms with Gasteiger partial charge in [-0.1, -0.05) is 39.7 Å². The number of amides is 2. The van der Waals surface area contributed by atoms with Crippen molar-refractivity contribution in [2.24, 2.45) is 7.05 Å². The van der Waals surface area contributed by atoms with E-state index in [1.54, 1.807) is 37.4 Å². The summed E-state index contributed by atoms with van der Waals surface area (Å²) in [6.45, 7) is 0. The van der Waals surface area contributed by atoms with Crippen LogP contribution >= 0.6 is 27.5 Å². The fourth-order valence-electron chi connectivity index (χ4n) is 3.70. The maximum atomic E-state index is 13.3. The number of carbonyl (C=O) groups is 2. The highest BCUT2D eigenvalue weighted by Gasteiger charge is 2.35. The standard InChI is InChI=1S/C20H11BrClN3O3/c1-24-16-8-15(13(22)7-14(16)23-20(24)28)25-18(26)11-4-2-3-9-5-10(21)6-12(17(9)11)19(25)27/h2-8H,1H3,(H,23,28). The minimum atomic E-state index is -0.461. The number of imide groups is 1. The van der Waals surface area contributed by atoms with Gasteiger partial charge in [0.15, 0.2) is 0 Å². The number of benzene rings is 3. The quantitative estimate of drug-likeness (QED) is 0.435. The van der Waals surface area contributed by atoms with Crippen LogP contribution in [0, 0.1) is 0 Å². The molecule has 138 valence electrons. The van der Waals surface area contributed by atoms with Crippen molar-refractivity contribution in [2.75, 3.05) is 4.90 Å². The summed E-state index contributed by atoms with van der Waals surface area (Å²) in [4.78, 5) is 42.2. The Morgan fingerprint density at radius 2 is 1.75 bits per heavy atom. The van der Waals surface area contributed by atoms with E-state index in [4.69, 9.17) is 11.6 Å². The van der Waals surface area contributed by atoms with E-state index in [9.17, 15) is 14.4 Å². The summed E-state index contributed by atoms with van der Waals surface area (Å²) in [5, 5.41) is 1.63. The van der Waals surface area contributed by atoms with Gasteiger partial charge in [0.25, 0.3) is 11.8 Å². The maximum absolute atomic E-state index is 13.3. The van der Waals surface area contributed by atoms with Crippen LogP contribution in [0.1, 0.15) is 20.7 Å². The first-order valence-corrected chi connectivity index (χ1v) is 9.53. The molecule has 1 aliphatic heterocycles. The van der Waals surface area contributed by atoms with Crippen molar-refractivity contribution in [3.63, 3.8) is 0 Å². The van der Waals surface area contributed by atoms with E-state index in [1.165, 1.54) is 4.57 Å². The van der Waals surface area contributed by atoms with Gasteiger partial charge >= 0.3 is 5.69 Å². The second-order valence-corrected chi connectivity index (χ2v) is 7.94. The minimum absolute atomic E-state index is 0.196. The first kappa shape index (κ1) is 17.2. The van der Waals surface area contributed by atoms with Crippen LogP contribution < -0.4 is 10.6 Å². The second kappa shape index (κ2) is 5.80. The Morgan fingerprint density at radius 3 is 2.54 bits per heavy atom. The molecule has 0 fully saturated rings. The molecule has 0 unspecified atom stereocenters. The van der Waals surface area contributed by atoms with Crippen molar-refractivity contribution < 1.29 is 9.59 Å². The van der Waals surface area contributed by atoms with Crippen molar-refractivity contribution in [3.05, 3.63) is 73.6 Å². The van der Waals surface area contributed by atoms with Gasteiger partial charge in [-0.25, -0.2) is 9.69 Å². The lowest BCUT2D eigenvalue weighted by atomic mass is 9.93. The highest BCUT2D eigenvalue weighted by molar-refractivity contribution is 9.10. The molecule has 1 aliphatic rings. The van der Waals surface area contributed by atoms with Gasteiger partial charge in [-0.05, 0) is 35.7 Å². The zero-order valence-corrected chi connectivity index (χ0v) is 16.8. The number of nitrogens with one attached hydrogen (secondary N) is 1. The predicted molar refractivity (Wildman–Crippen MR) is 111 cm³/mol. The van der Waals surface area contributed by atoms with E-state index in [1.807, 2.05) is 12.1 Å². The molecular formula is C20H11BrClN3O3. The van der Waals surface area contributed by atoms with Gasteiger partial charge in [-0.3, -0.25) is 14.2 Å². The smallest absolute Gasteiger partial charge is 0.305 e. The molecule has 28 heavy (non-hydrogen) atoms. The number of aromatic nitrogens is 2. The lowest BCUT2D eigenvalue weighted by Crippen LogP contribution is -2.40. The number of carbonyl (C=O) groups excluding carboxylic acids is 2. The summed E-state index contributed by atoms with van der Waals surface area (Å²) in [5.41, 5.74) is 1.85. The Balaban J connectivity index is 1.81. The summed E-state index contributed by atoms with van der Waals surface area (Å²) in [5.74, 6) is -0.913. The number of hydrogen-bond donors (Lipinski definition) is 1. The van der Waals surface area contributed by atoms with Gasteiger partial charge in [-0.15, -0.1) is 0 Å². The van der Waals surface area contributed by atoms with Crippen LogP contribution in [0.2, 0.25) is 5.02 Å². The van der Waals surface area contributed by atoms with Gasteiger partial charge in [0, 0.05) is 22.5 Å². The Bertz CT molecular complexity index is 1420. The number of aromatic amines is 1. The molecule has 4 aromatic rings. The van der Waals surface area contributed by atoms with E-state index in [0.717, 1.165) is 14.8 Å². The topological polar surface area (TPSA) is 75.2 Å². The van der Waals surface area contributed by atoms with E-state index >= 15 is 0 Å². The van der Waals surface area contributed by atoms with Gasteiger partial charge in [0.1, 0.15) is 0 Å². The zero-order valence-electron chi connectivity index (χ0n) is 14.4. The maximum Gasteiger partial charge on any atom is 0.326 e. The van der Waals surface area contributed by atoms with Gasteiger partial charge in [0.2, 0.25) is 0 Å². The molecule has 6 nitrogen and oxygen atoms in total. The fourth-order valence-corrected chi connectivity index (χ4v) is 4.42. The summed E-state index contributed by atoms with van der Waals surface area (Å²) in [6.07, 6.45) is 0. The fraction of sp³-hybridized carbons (Fsp3) is 0.0500. The first-order chi connectivity index (χ1) is 13.4. The molecule has 0 radical (unpaired) electrons. The number of nitrogens with zero attached hydrogens (tertiary/aromatic N) is 2. The minimum Gasteiger partial charge on any atom is -0.305 e. The van der Waals surface area contributed by atoms with Crippen molar-refractivity contribution in [3.8, 4) is 0 Å². The predicted octanol–water partition coefficient (Wildman–Crippen LogP) is 4.24. The van der Waals surface area contributed by atoms with Crippen molar-refractivity contribution in [1.82, 2.24) is 9.55 Å². The first-order valence-electron chi connectivity index (χ1n) is 8.36. The summed E-state index contributed by atoms with van der Waals surface area (Å²) < 4.78 is 2.14. The van der Waals surface area contributed by atoms with E-state index in [-0.39, 0.29) is 16.4 Å². The average Bonchev–Trinajstić information content (AvgIpc) is 2.93. The summed E-state index contributed by atoms with van der Waals surface area (Å²) in [7, 11) is 1.60. The molecule has 8 heteroatoms. The van der Waals surface area contributed by atoms with Crippen LogP contribution in [0.3, 0.4) is 0 Å². The number of rotatable bonds is 1. The molecule has 3 aromatic carbocycles. The SMILES string of the molecule is Cn1c(=O)[nH]c2cc(Cl)c(N3C(=O)c4cccc5cc(Br)cc(c45)C3=O)cc21. The Labute approximate surface area is 171 Å². The molecule has 5 rings (SSSR count). The number of aryl methyl sites for hydroxylation is 1. The normalized spacial score (nSPS) is 13.8. The molecule has 1 N–H and O–H groups in total. The van der Waals surface area contributed by atoms with Crippen LogP contribution in [-0.2, 0) is 7.05 Å². The number of H-pyrrole nitrogens is 1. The monoisotopic (exact) mass is 455 g/mol. The average molecular weight is 457 g/mol. The molecule has 1 aromatic heterocycles. The Hall–Kier alpha value is -2.90. The van der Waals surface area contributed by atoms with Crippen molar-refractivity contribution in [2.45, 2.75) is 0 Å². The number of halogens is 2. The highest BCUT2D eigenvalue weighted by atomic mass is 79.9. The molecular weight excluding hydrogens is 446 g/mol. The molecule has 2 amide bonds. The lowest BCUT2D eigenvalue weighted by Gasteiger charge is -2.28. The molecule has 0 saturated carbocycles. The van der Waals surface area contributed by atoms with Gasteiger partial charge < -0.3 is 4.98 Å². The highest BCUT2D eigenvalue weighted by Crippen LogP contribution is 2.38. The lowest BCUT2D eigenvalue weighted by molar-refractivity contribution is 0.0893. The van der Waals surface area contributed by atoms with Crippen molar-refractivity contribution in [1.29, 1.82) is 0 Å². The summed E-state index contributed by atoms with van der Waals surface area (Å²) >= 11 is 9.83.